The lowest BCUT2D eigenvalue weighted by Crippen LogP contribution is -2.40. The van der Waals surface area contributed by atoms with Gasteiger partial charge in [-0.05, 0) is 61.7 Å². The van der Waals surface area contributed by atoms with Gasteiger partial charge in [0.1, 0.15) is 5.82 Å². The maximum absolute atomic E-state index is 13.1. The molecule has 1 heterocycles. The molecule has 1 N–H and O–H groups in total. The minimum absolute atomic E-state index is 0.0451. The highest BCUT2D eigenvalue weighted by atomic mass is 35.5. The second-order valence-electron chi connectivity index (χ2n) is 7.12. The Morgan fingerprint density at radius 1 is 1.15 bits per heavy atom. The van der Waals surface area contributed by atoms with E-state index in [2.05, 4.69) is 25.4 Å². The fourth-order valence-corrected chi connectivity index (χ4v) is 3.25. The van der Waals surface area contributed by atoms with E-state index in [1.165, 1.54) is 19.1 Å². The van der Waals surface area contributed by atoms with Crippen LogP contribution in [0.25, 0.3) is 0 Å². The lowest BCUT2D eigenvalue weighted by atomic mass is 9.88. The summed E-state index contributed by atoms with van der Waals surface area (Å²) in [7, 11) is 0. The average molecular weight is 501 g/mol. The van der Waals surface area contributed by atoms with E-state index in [9.17, 15) is 8.78 Å². The Labute approximate surface area is 208 Å². The second kappa shape index (κ2) is 18.7. The van der Waals surface area contributed by atoms with Gasteiger partial charge in [0, 0.05) is 12.5 Å². The SMILES string of the molecule is C=C(C)F.C=CCC.CC.Fc1ccc(C2CCNCC2OCc2ccc(Cl)c(Cl)c2)cc1. The number of ether oxygens (including phenoxy) is 1. The topological polar surface area (TPSA) is 21.3 Å². The molecule has 2 nitrogen and oxygen atoms in total. The number of hydrogen-bond donors (Lipinski definition) is 1. The summed E-state index contributed by atoms with van der Waals surface area (Å²) in [5.74, 6) is -0.282. The third-order valence-corrected chi connectivity index (χ3v) is 5.20. The molecule has 2 aromatic rings. The van der Waals surface area contributed by atoms with E-state index >= 15 is 0 Å². The van der Waals surface area contributed by atoms with Crippen LogP contribution >= 0.6 is 23.2 Å². The van der Waals surface area contributed by atoms with Crippen LogP contribution in [0.5, 0.6) is 0 Å². The van der Waals surface area contributed by atoms with E-state index in [-0.39, 0.29) is 23.7 Å². The van der Waals surface area contributed by atoms with Gasteiger partial charge < -0.3 is 10.1 Å². The molecule has 6 heteroatoms. The highest BCUT2D eigenvalue weighted by Gasteiger charge is 2.27. The molecule has 1 saturated heterocycles. The molecule has 0 aromatic heterocycles. The third kappa shape index (κ3) is 13.5. The highest BCUT2D eigenvalue weighted by molar-refractivity contribution is 6.42. The van der Waals surface area contributed by atoms with Gasteiger partial charge in [-0.3, -0.25) is 0 Å². The van der Waals surface area contributed by atoms with E-state index in [1.807, 2.05) is 44.2 Å². The Hall–Kier alpha value is -1.72. The number of rotatable bonds is 5. The molecule has 0 saturated carbocycles. The summed E-state index contributed by atoms with van der Waals surface area (Å²) in [6.45, 7) is 15.9. The Bertz CT molecular complexity index is 808. The molecule has 2 atom stereocenters. The van der Waals surface area contributed by atoms with Crippen molar-refractivity contribution in [3.05, 3.63) is 94.5 Å². The van der Waals surface area contributed by atoms with Crippen molar-refractivity contribution in [2.24, 2.45) is 0 Å². The van der Waals surface area contributed by atoms with Gasteiger partial charge in [-0.15, -0.1) is 6.58 Å². The summed E-state index contributed by atoms with van der Waals surface area (Å²) in [4.78, 5) is 0. The van der Waals surface area contributed by atoms with Crippen LogP contribution in [0.15, 0.2) is 67.5 Å². The van der Waals surface area contributed by atoms with Gasteiger partial charge in [0.2, 0.25) is 0 Å². The summed E-state index contributed by atoms with van der Waals surface area (Å²) >= 11 is 12.0. The van der Waals surface area contributed by atoms with Crippen LogP contribution < -0.4 is 5.32 Å². The van der Waals surface area contributed by atoms with E-state index in [1.54, 1.807) is 6.07 Å². The molecule has 2 unspecified atom stereocenters. The molecular formula is C27H37Cl2F2NO. The van der Waals surface area contributed by atoms with Gasteiger partial charge in [0.15, 0.2) is 0 Å². The first-order chi connectivity index (χ1) is 15.8. The molecule has 0 spiro atoms. The molecule has 0 bridgehead atoms. The maximum atomic E-state index is 13.1. The summed E-state index contributed by atoms with van der Waals surface area (Å²) < 4.78 is 30.0. The molecule has 1 aliphatic heterocycles. The van der Waals surface area contributed by atoms with Gasteiger partial charge in [-0.2, -0.15) is 0 Å². The van der Waals surface area contributed by atoms with Crippen molar-refractivity contribution in [1.82, 2.24) is 5.32 Å². The van der Waals surface area contributed by atoms with E-state index in [4.69, 9.17) is 27.9 Å². The standard InChI is InChI=1S/C18H18Cl2FNO.C4H8.C3H5F.C2H6/c19-16-6-1-12(9-17(16)20)11-23-18-10-22-8-7-15(18)13-2-4-14(21)5-3-13;1-3-4-2;1-3(2)4;1-2/h1-6,9,15,18,22H,7-8,10-11H2;3H,1,4H2,2H3;1H2,2H3;1-2H3. The molecule has 2 aromatic carbocycles. The van der Waals surface area contributed by atoms with Crippen LogP contribution in [0, 0.1) is 5.82 Å². The normalized spacial score (nSPS) is 16.6. The molecule has 0 radical (unpaired) electrons. The van der Waals surface area contributed by atoms with Crippen molar-refractivity contribution in [1.29, 1.82) is 0 Å². The average Bonchev–Trinajstić information content (AvgIpc) is 2.82. The minimum Gasteiger partial charge on any atom is -0.372 e. The first-order valence-electron chi connectivity index (χ1n) is 11.2. The van der Waals surface area contributed by atoms with Crippen LogP contribution in [-0.2, 0) is 11.3 Å². The predicted octanol–water partition coefficient (Wildman–Crippen LogP) is 8.89. The lowest BCUT2D eigenvalue weighted by molar-refractivity contribution is 0.0106. The van der Waals surface area contributed by atoms with E-state index < -0.39 is 0 Å². The molecular weight excluding hydrogens is 463 g/mol. The number of benzene rings is 2. The highest BCUT2D eigenvalue weighted by Crippen LogP contribution is 2.29. The minimum atomic E-state index is -0.333. The second-order valence-corrected chi connectivity index (χ2v) is 7.94. The fraction of sp³-hybridized carbons (Fsp3) is 0.407. The number of hydrogen-bond acceptors (Lipinski definition) is 2. The van der Waals surface area contributed by atoms with Crippen LogP contribution in [0.1, 0.15) is 57.6 Å². The zero-order chi connectivity index (χ0) is 25.2. The predicted molar refractivity (Wildman–Crippen MR) is 139 cm³/mol. The van der Waals surface area contributed by atoms with Crippen LogP contribution in [-0.4, -0.2) is 19.2 Å². The number of piperidine rings is 1. The molecule has 0 aliphatic carbocycles. The van der Waals surface area contributed by atoms with Crippen molar-refractivity contribution in [2.75, 3.05) is 13.1 Å². The summed E-state index contributed by atoms with van der Waals surface area (Å²) in [6, 6.07) is 12.2. The van der Waals surface area contributed by atoms with Gasteiger partial charge in [0.05, 0.1) is 28.6 Å². The molecule has 1 fully saturated rings. The summed E-state index contributed by atoms with van der Waals surface area (Å²) in [5, 5.41) is 4.43. The summed E-state index contributed by atoms with van der Waals surface area (Å²) in [5.41, 5.74) is 2.11. The fourth-order valence-electron chi connectivity index (χ4n) is 2.93. The number of nitrogens with one attached hydrogen (secondary N) is 1. The van der Waals surface area contributed by atoms with Crippen LogP contribution in [0.2, 0.25) is 10.0 Å². The van der Waals surface area contributed by atoms with Gasteiger partial charge in [-0.1, -0.05) is 74.8 Å². The number of halogens is 4. The Morgan fingerprint density at radius 2 is 1.73 bits per heavy atom. The maximum Gasteiger partial charge on any atom is 0.123 e. The lowest BCUT2D eigenvalue weighted by Gasteiger charge is -2.32. The van der Waals surface area contributed by atoms with Crippen molar-refractivity contribution in [3.8, 4) is 0 Å². The Kier molecular flexibility index (Phi) is 17.7. The molecule has 1 aliphatic rings. The Morgan fingerprint density at radius 3 is 2.24 bits per heavy atom. The smallest absolute Gasteiger partial charge is 0.123 e. The van der Waals surface area contributed by atoms with Crippen molar-refractivity contribution < 1.29 is 13.5 Å². The quantitative estimate of drug-likeness (QED) is 0.414. The van der Waals surface area contributed by atoms with Crippen molar-refractivity contribution in [3.63, 3.8) is 0 Å². The third-order valence-electron chi connectivity index (χ3n) is 4.46. The first kappa shape index (κ1) is 31.3. The van der Waals surface area contributed by atoms with Crippen LogP contribution in [0.3, 0.4) is 0 Å². The monoisotopic (exact) mass is 499 g/mol. The van der Waals surface area contributed by atoms with E-state index in [0.29, 0.717) is 16.7 Å². The zero-order valence-electron chi connectivity index (χ0n) is 20.1. The number of allylic oxidation sites excluding steroid dienone is 2. The van der Waals surface area contributed by atoms with Crippen molar-refractivity contribution in [2.45, 2.75) is 59.2 Å². The molecule has 0 amide bonds. The van der Waals surface area contributed by atoms with Gasteiger partial charge in [-0.25, -0.2) is 8.78 Å². The van der Waals surface area contributed by atoms with Crippen LogP contribution in [0.4, 0.5) is 8.78 Å². The zero-order valence-corrected chi connectivity index (χ0v) is 21.7. The van der Waals surface area contributed by atoms with Gasteiger partial charge >= 0.3 is 0 Å². The molecule has 3 rings (SSSR count). The Balaban J connectivity index is 0.000000877. The molecule has 33 heavy (non-hydrogen) atoms. The van der Waals surface area contributed by atoms with Crippen molar-refractivity contribution >= 4 is 23.2 Å². The largest absolute Gasteiger partial charge is 0.372 e. The molecule has 184 valence electrons. The first-order valence-corrected chi connectivity index (χ1v) is 12.0. The summed E-state index contributed by atoms with van der Waals surface area (Å²) in [6.07, 6.45) is 3.97. The van der Waals surface area contributed by atoms with Gasteiger partial charge in [0.25, 0.3) is 0 Å². The van der Waals surface area contributed by atoms with E-state index in [0.717, 1.165) is 37.1 Å².